The van der Waals surface area contributed by atoms with Gasteiger partial charge in [0.15, 0.2) is 5.96 Å². The molecule has 0 aromatic heterocycles. The highest BCUT2D eigenvalue weighted by Crippen LogP contribution is 2.36. The number of aliphatic imine (C=N–C) groups is 1. The molecule has 2 aromatic carbocycles. The van der Waals surface area contributed by atoms with Gasteiger partial charge in [0.2, 0.25) is 0 Å². The lowest BCUT2D eigenvalue weighted by atomic mass is 9.72. The molecule has 0 radical (unpaired) electrons. The Bertz CT molecular complexity index is 913. The van der Waals surface area contributed by atoms with Crippen LogP contribution in [0.1, 0.15) is 55.3 Å². The Labute approximate surface area is 193 Å². The zero-order chi connectivity index (χ0) is 22.4. The minimum absolute atomic E-state index is 0.0696. The number of rotatable bonds is 6. The van der Waals surface area contributed by atoms with Gasteiger partial charge in [-0.25, -0.2) is 0 Å². The smallest absolute Gasteiger partial charge is 0.191 e. The quantitative estimate of drug-likeness (QED) is 0.517. The van der Waals surface area contributed by atoms with E-state index in [0.29, 0.717) is 0 Å². The molecule has 0 aliphatic carbocycles. The predicted octanol–water partition coefficient (Wildman–Crippen LogP) is 4.57. The molecule has 2 heterocycles. The van der Waals surface area contributed by atoms with E-state index >= 15 is 0 Å². The highest BCUT2D eigenvalue weighted by atomic mass is 16.5. The Kier molecular flexibility index (Phi) is 7.36. The summed E-state index contributed by atoms with van der Waals surface area (Å²) in [5.74, 6) is 0.850. The van der Waals surface area contributed by atoms with Gasteiger partial charge in [-0.3, -0.25) is 4.99 Å². The van der Waals surface area contributed by atoms with Crippen LogP contribution in [-0.4, -0.2) is 45.9 Å². The van der Waals surface area contributed by atoms with E-state index in [2.05, 4.69) is 82.9 Å². The van der Waals surface area contributed by atoms with Gasteiger partial charge in [0.1, 0.15) is 0 Å². The van der Waals surface area contributed by atoms with Crippen molar-refractivity contribution in [2.45, 2.75) is 51.0 Å². The number of anilines is 1. The molecule has 2 fully saturated rings. The number of nitrogens with one attached hydrogen (secondary N) is 2. The van der Waals surface area contributed by atoms with Crippen molar-refractivity contribution in [3.05, 3.63) is 65.2 Å². The van der Waals surface area contributed by atoms with Gasteiger partial charge in [-0.1, -0.05) is 36.4 Å². The lowest BCUT2D eigenvalue weighted by molar-refractivity contribution is 0.0511. The second-order valence-electron chi connectivity index (χ2n) is 9.29. The maximum absolute atomic E-state index is 5.72. The summed E-state index contributed by atoms with van der Waals surface area (Å²) >= 11 is 0. The van der Waals surface area contributed by atoms with Gasteiger partial charge in [-0.15, -0.1) is 0 Å². The van der Waals surface area contributed by atoms with Crippen molar-refractivity contribution >= 4 is 11.6 Å². The van der Waals surface area contributed by atoms with Gasteiger partial charge in [0, 0.05) is 51.0 Å². The van der Waals surface area contributed by atoms with Gasteiger partial charge in [0.05, 0.1) is 6.04 Å². The SMILES string of the molecule is CN=C(NCC1(c2ccccc2C)CCOCC1)NC(C)c1cccc(N2CCCC2)c1. The first-order chi connectivity index (χ1) is 15.6. The molecular weight excluding hydrogens is 396 g/mol. The van der Waals surface area contributed by atoms with Crippen LogP contribution in [0.3, 0.4) is 0 Å². The summed E-state index contributed by atoms with van der Waals surface area (Å²) in [6.07, 6.45) is 4.63. The summed E-state index contributed by atoms with van der Waals surface area (Å²) in [5, 5.41) is 7.26. The highest BCUT2D eigenvalue weighted by molar-refractivity contribution is 5.80. The Morgan fingerprint density at radius 1 is 1.09 bits per heavy atom. The molecule has 2 aliphatic heterocycles. The Morgan fingerprint density at radius 2 is 1.84 bits per heavy atom. The van der Waals surface area contributed by atoms with E-state index in [4.69, 9.17) is 4.74 Å². The van der Waals surface area contributed by atoms with E-state index in [0.717, 1.165) is 38.6 Å². The summed E-state index contributed by atoms with van der Waals surface area (Å²) in [6, 6.07) is 17.9. The van der Waals surface area contributed by atoms with Crippen LogP contribution in [-0.2, 0) is 10.2 Å². The van der Waals surface area contributed by atoms with E-state index in [1.165, 1.54) is 48.3 Å². The van der Waals surface area contributed by atoms with Crippen molar-refractivity contribution in [3.63, 3.8) is 0 Å². The Balaban J connectivity index is 1.44. The molecule has 2 N–H and O–H groups in total. The zero-order valence-corrected chi connectivity index (χ0v) is 19.9. The van der Waals surface area contributed by atoms with Crippen molar-refractivity contribution in [3.8, 4) is 0 Å². The molecular formula is C27H38N4O. The van der Waals surface area contributed by atoms with Crippen molar-refractivity contribution in [2.24, 2.45) is 4.99 Å². The average molecular weight is 435 g/mol. The van der Waals surface area contributed by atoms with Crippen molar-refractivity contribution in [1.29, 1.82) is 0 Å². The first-order valence-electron chi connectivity index (χ1n) is 12.1. The molecule has 0 bridgehead atoms. The summed E-state index contributed by atoms with van der Waals surface area (Å²) in [5.41, 5.74) is 5.47. The van der Waals surface area contributed by atoms with Crippen LogP contribution >= 0.6 is 0 Å². The third kappa shape index (κ3) is 5.09. The second-order valence-corrected chi connectivity index (χ2v) is 9.29. The minimum atomic E-state index is 0.0696. The van der Waals surface area contributed by atoms with Crippen molar-refractivity contribution in [1.82, 2.24) is 10.6 Å². The lowest BCUT2D eigenvalue weighted by Gasteiger charge is -2.39. The third-order valence-corrected chi connectivity index (χ3v) is 7.18. The van der Waals surface area contributed by atoms with Crippen molar-refractivity contribution in [2.75, 3.05) is 44.8 Å². The molecule has 32 heavy (non-hydrogen) atoms. The van der Waals surface area contributed by atoms with Crippen LogP contribution in [0.25, 0.3) is 0 Å². The van der Waals surface area contributed by atoms with E-state index < -0.39 is 0 Å². The van der Waals surface area contributed by atoms with Crippen molar-refractivity contribution < 1.29 is 4.74 Å². The highest BCUT2D eigenvalue weighted by Gasteiger charge is 2.35. The summed E-state index contributed by atoms with van der Waals surface area (Å²) < 4.78 is 5.72. The zero-order valence-electron chi connectivity index (χ0n) is 19.9. The Morgan fingerprint density at radius 3 is 2.56 bits per heavy atom. The normalized spacial score (nSPS) is 19.6. The molecule has 5 nitrogen and oxygen atoms in total. The predicted molar refractivity (Wildman–Crippen MR) is 134 cm³/mol. The molecule has 172 valence electrons. The average Bonchev–Trinajstić information content (AvgIpc) is 3.38. The first-order valence-corrected chi connectivity index (χ1v) is 12.1. The third-order valence-electron chi connectivity index (χ3n) is 7.18. The van der Waals surface area contributed by atoms with E-state index in [-0.39, 0.29) is 11.5 Å². The molecule has 2 aliphatic rings. The minimum Gasteiger partial charge on any atom is -0.381 e. The van der Waals surface area contributed by atoms with Gasteiger partial charge in [-0.05, 0) is 68.4 Å². The van der Waals surface area contributed by atoms with Crippen LogP contribution in [0.4, 0.5) is 5.69 Å². The van der Waals surface area contributed by atoms with Crippen LogP contribution in [0.5, 0.6) is 0 Å². The molecule has 1 atom stereocenters. The second kappa shape index (κ2) is 10.4. The van der Waals surface area contributed by atoms with Gasteiger partial charge in [-0.2, -0.15) is 0 Å². The van der Waals surface area contributed by atoms with Gasteiger partial charge in [0.25, 0.3) is 0 Å². The maximum atomic E-state index is 5.72. The molecule has 5 heteroatoms. The fourth-order valence-electron chi connectivity index (χ4n) is 5.17. The molecule has 0 amide bonds. The molecule has 0 spiro atoms. The van der Waals surface area contributed by atoms with Crippen LogP contribution in [0, 0.1) is 6.92 Å². The molecule has 2 aromatic rings. The monoisotopic (exact) mass is 434 g/mol. The first kappa shape index (κ1) is 22.7. The number of ether oxygens (including phenoxy) is 1. The van der Waals surface area contributed by atoms with E-state index in [9.17, 15) is 0 Å². The number of guanidine groups is 1. The Hall–Kier alpha value is -2.53. The number of hydrogen-bond acceptors (Lipinski definition) is 3. The fourth-order valence-corrected chi connectivity index (χ4v) is 5.17. The number of benzene rings is 2. The molecule has 1 unspecified atom stereocenters. The topological polar surface area (TPSA) is 48.9 Å². The standard InChI is InChI=1S/C27H38N4O/c1-21-9-4-5-12-25(21)27(13-17-32-18-14-27)20-29-26(28-3)30-22(2)23-10-8-11-24(19-23)31-15-6-7-16-31/h4-5,8-12,19,22H,6-7,13-18,20H2,1-3H3,(H2,28,29,30). The number of nitrogens with zero attached hydrogens (tertiary/aromatic N) is 2. The lowest BCUT2D eigenvalue weighted by Crippen LogP contribution is -2.48. The molecule has 4 rings (SSSR count). The molecule has 0 saturated carbocycles. The maximum Gasteiger partial charge on any atom is 0.191 e. The van der Waals surface area contributed by atoms with Gasteiger partial charge >= 0.3 is 0 Å². The van der Waals surface area contributed by atoms with Crippen LogP contribution < -0.4 is 15.5 Å². The van der Waals surface area contributed by atoms with Crippen LogP contribution in [0.15, 0.2) is 53.5 Å². The van der Waals surface area contributed by atoms with Gasteiger partial charge < -0.3 is 20.3 Å². The number of hydrogen-bond donors (Lipinski definition) is 2. The van der Waals surface area contributed by atoms with Crippen LogP contribution in [0.2, 0.25) is 0 Å². The molecule has 2 saturated heterocycles. The van der Waals surface area contributed by atoms with E-state index in [1.807, 2.05) is 7.05 Å². The largest absolute Gasteiger partial charge is 0.381 e. The summed E-state index contributed by atoms with van der Waals surface area (Å²) in [6.45, 7) is 9.22. The fraction of sp³-hybridized carbons (Fsp3) is 0.519. The number of aryl methyl sites for hydroxylation is 1. The summed E-state index contributed by atoms with van der Waals surface area (Å²) in [4.78, 5) is 7.02. The summed E-state index contributed by atoms with van der Waals surface area (Å²) in [7, 11) is 1.85. The van der Waals surface area contributed by atoms with E-state index in [1.54, 1.807) is 0 Å².